The molecule has 37 heavy (non-hydrogen) atoms. The lowest BCUT2D eigenvalue weighted by molar-refractivity contribution is -0.133. The SMILES string of the molecule is CC(C)(C)NC(=O)OC(CCC(=O)N1CCN(C(=O)OCc2ccccc2)CC1)c1ccc(F)c(F)c1. The molecule has 1 aliphatic heterocycles. The van der Waals surface area contributed by atoms with Gasteiger partial charge in [0.05, 0.1) is 0 Å². The summed E-state index contributed by atoms with van der Waals surface area (Å²) in [6.07, 6.45) is -2.01. The fourth-order valence-corrected chi connectivity index (χ4v) is 3.83. The second kappa shape index (κ2) is 12.5. The average Bonchev–Trinajstić information content (AvgIpc) is 2.86. The fourth-order valence-electron chi connectivity index (χ4n) is 3.83. The van der Waals surface area contributed by atoms with Gasteiger partial charge in [-0.1, -0.05) is 36.4 Å². The summed E-state index contributed by atoms with van der Waals surface area (Å²) in [5.41, 5.74) is 0.577. The van der Waals surface area contributed by atoms with Crippen LogP contribution in [0.15, 0.2) is 48.5 Å². The van der Waals surface area contributed by atoms with E-state index in [0.717, 1.165) is 17.7 Å². The Kier molecular flexibility index (Phi) is 9.43. The van der Waals surface area contributed by atoms with Crippen molar-refractivity contribution < 1.29 is 32.6 Å². The first-order valence-corrected chi connectivity index (χ1v) is 12.2. The molecule has 1 aliphatic rings. The van der Waals surface area contributed by atoms with Crippen LogP contribution in [0.5, 0.6) is 0 Å². The molecule has 1 N–H and O–H groups in total. The van der Waals surface area contributed by atoms with Crippen LogP contribution in [0.1, 0.15) is 50.8 Å². The number of nitrogens with zero attached hydrogens (tertiary/aromatic N) is 2. The number of benzene rings is 2. The molecular formula is C27H33F2N3O5. The molecule has 3 amide bonds. The van der Waals surface area contributed by atoms with E-state index in [4.69, 9.17) is 9.47 Å². The quantitative estimate of drug-likeness (QED) is 0.571. The number of amides is 3. The summed E-state index contributed by atoms with van der Waals surface area (Å²) in [7, 11) is 0. The maximum Gasteiger partial charge on any atom is 0.410 e. The molecule has 3 rings (SSSR count). The van der Waals surface area contributed by atoms with Gasteiger partial charge in [0.1, 0.15) is 12.7 Å². The summed E-state index contributed by atoms with van der Waals surface area (Å²) in [5.74, 6) is -2.27. The van der Waals surface area contributed by atoms with Crippen molar-refractivity contribution in [3.63, 3.8) is 0 Å². The van der Waals surface area contributed by atoms with Gasteiger partial charge >= 0.3 is 12.2 Å². The highest BCUT2D eigenvalue weighted by Gasteiger charge is 2.27. The largest absolute Gasteiger partial charge is 0.445 e. The first-order chi connectivity index (χ1) is 17.5. The van der Waals surface area contributed by atoms with Gasteiger partial charge in [-0.15, -0.1) is 0 Å². The highest BCUT2D eigenvalue weighted by molar-refractivity contribution is 5.77. The second-order valence-corrected chi connectivity index (χ2v) is 9.89. The molecule has 1 unspecified atom stereocenters. The number of carbonyl (C=O) groups is 3. The Bertz CT molecular complexity index is 1080. The summed E-state index contributed by atoms with van der Waals surface area (Å²) >= 11 is 0. The van der Waals surface area contributed by atoms with Crippen LogP contribution in [0, 0.1) is 11.6 Å². The smallest absolute Gasteiger partial charge is 0.410 e. The number of carbonyl (C=O) groups excluding carboxylic acids is 3. The Morgan fingerprint density at radius 1 is 0.946 bits per heavy atom. The van der Waals surface area contributed by atoms with Crippen molar-refractivity contribution >= 4 is 18.1 Å². The summed E-state index contributed by atoms with van der Waals surface area (Å²) in [6, 6.07) is 12.6. The van der Waals surface area contributed by atoms with Crippen LogP contribution in [0.2, 0.25) is 0 Å². The lowest BCUT2D eigenvalue weighted by atomic mass is 10.0. The Morgan fingerprint density at radius 3 is 2.22 bits per heavy atom. The van der Waals surface area contributed by atoms with E-state index in [1.54, 1.807) is 30.6 Å². The number of piperazine rings is 1. The van der Waals surface area contributed by atoms with Crippen molar-refractivity contribution in [3.8, 4) is 0 Å². The van der Waals surface area contributed by atoms with Crippen LogP contribution < -0.4 is 5.32 Å². The molecular weight excluding hydrogens is 484 g/mol. The maximum absolute atomic E-state index is 13.8. The standard InChI is InChI=1S/C27H33F2N3O5/c1-27(2,3)30-25(34)37-23(20-9-10-21(28)22(29)17-20)11-12-24(33)31-13-15-32(16-14-31)26(35)36-18-19-7-5-4-6-8-19/h4-10,17,23H,11-16,18H2,1-3H3,(H,30,34). The third-order valence-electron chi connectivity index (χ3n) is 5.76. The van der Waals surface area contributed by atoms with Crippen molar-refractivity contribution in [2.75, 3.05) is 26.2 Å². The molecule has 1 heterocycles. The fraction of sp³-hybridized carbons (Fsp3) is 0.444. The van der Waals surface area contributed by atoms with Crippen LogP contribution in [0.4, 0.5) is 18.4 Å². The molecule has 0 radical (unpaired) electrons. The van der Waals surface area contributed by atoms with Crippen LogP contribution in [-0.2, 0) is 20.9 Å². The van der Waals surface area contributed by atoms with E-state index in [0.29, 0.717) is 26.2 Å². The van der Waals surface area contributed by atoms with Gasteiger partial charge in [0.25, 0.3) is 0 Å². The van der Waals surface area contributed by atoms with Gasteiger partial charge in [-0.3, -0.25) is 4.79 Å². The number of hydrogen-bond acceptors (Lipinski definition) is 5. The Labute approximate surface area is 215 Å². The van der Waals surface area contributed by atoms with Gasteiger partial charge in [0.15, 0.2) is 11.6 Å². The third kappa shape index (κ3) is 8.73. The molecule has 0 aromatic heterocycles. The Hall–Kier alpha value is -3.69. The summed E-state index contributed by atoms with van der Waals surface area (Å²) in [6.45, 7) is 6.84. The minimum Gasteiger partial charge on any atom is -0.445 e. The molecule has 2 aromatic rings. The number of nitrogens with one attached hydrogen (secondary N) is 1. The van der Waals surface area contributed by atoms with Crippen LogP contribution >= 0.6 is 0 Å². The van der Waals surface area contributed by atoms with Crippen molar-refractivity contribution in [1.82, 2.24) is 15.1 Å². The molecule has 8 nitrogen and oxygen atoms in total. The van der Waals surface area contributed by atoms with E-state index >= 15 is 0 Å². The zero-order chi connectivity index (χ0) is 27.0. The van der Waals surface area contributed by atoms with Gasteiger partial charge in [0.2, 0.25) is 5.91 Å². The van der Waals surface area contributed by atoms with Gasteiger partial charge < -0.3 is 24.6 Å². The van der Waals surface area contributed by atoms with Crippen molar-refractivity contribution in [1.29, 1.82) is 0 Å². The molecule has 1 atom stereocenters. The number of hydrogen-bond donors (Lipinski definition) is 1. The number of rotatable bonds is 7. The predicted octanol–water partition coefficient (Wildman–Crippen LogP) is 4.79. The molecule has 1 saturated heterocycles. The molecule has 0 aliphatic carbocycles. The van der Waals surface area contributed by atoms with Gasteiger partial charge in [-0.2, -0.15) is 0 Å². The summed E-state index contributed by atoms with van der Waals surface area (Å²) in [4.78, 5) is 40.7. The van der Waals surface area contributed by atoms with Crippen molar-refractivity contribution in [3.05, 3.63) is 71.3 Å². The number of halogens is 2. The topological polar surface area (TPSA) is 88.2 Å². The van der Waals surface area contributed by atoms with E-state index in [9.17, 15) is 23.2 Å². The first kappa shape index (κ1) is 27.9. The monoisotopic (exact) mass is 517 g/mol. The molecule has 10 heteroatoms. The van der Waals surface area contributed by atoms with Gasteiger partial charge in [-0.25, -0.2) is 18.4 Å². The van der Waals surface area contributed by atoms with Crippen molar-refractivity contribution in [2.24, 2.45) is 0 Å². The highest BCUT2D eigenvalue weighted by Crippen LogP contribution is 2.26. The number of ether oxygens (including phenoxy) is 2. The number of alkyl carbamates (subject to hydrolysis) is 1. The maximum atomic E-state index is 13.8. The molecule has 200 valence electrons. The van der Waals surface area contributed by atoms with Gasteiger partial charge in [0, 0.05) is 38.1 Å². The predicted molar refractivity (Wildman–Crippen MR) is 132 cm³/mol. The van der Waals surface area contributed by atoms with Crippen LogP contribution in [-0.4, -0.2) is 59.6 Å². The van der Waals surface area contributed by atoms with E-state index in [2.05, 4.69) is 5.32 Å². The zero-order valence-corrected chi connectivity index (χ0v) is 21.3. The van der Waals surface area contributed by atoms with E-state index in [-0.39, 0.29) is 30.9 Å². The summed E-state index contributed by atoms with van der Waals surface area (Å²) < 4.78 is 38.1. The molecule has 1 fully saturated rings. The lowest BCUT2D eigenvalue weighted by Gasteiger charge is -2.34. The molecule has 0 saturated carbocycles. The highest BCUT2D eigenvalue weighted by atomic mass is 19.2. The van der Waals surface area contributed by atoms with E-state index in [1.807, 2.05) is 30.3 Å². The lowest BCUT2D eigenvalue weighted by Crippen LogP contribution is -2.50. The third-order valence-corrected chi connectivity index (χ3v) is 5.76. The molecule has 2 aromatic carbocycles. The second-order valence-electron chi connectivity index (χ2n) is 9.89. The van der Waals surface area contributed by atoms with Crippen LogP contribution in [0.3, 0.4) is 0 Å². The van der Waals surface area contributed by atoms with Gasteiger partial charge in [-0.05, 0) is 50.5 Å². The Morgan fingerprint density at radius 2 is 1.59 bits per heavy atom. The average molecular weight is 518 g/mol. The molecule has 0 bridgehead atoms. The normalized spacial score (nSPS) is 14.6. The first-order valence-electron chi connectivity index (χ1n) is 12.2. The minimum absolute atomic E-state index is 0.0188. The Balaban J connectivity index is 1.52. The minimum atomic E-state index is -1.07. The van der Waals surface area contributed by atoms with Crippen molar-refractivity contribution in [2.45, 2.75) is 51.9 Å². The molecule has 0 spiro atoms. The van der Waals surface area contributed by atoms with E-state index < -0.39 is 35.5 Å². The van der Waals surface area contributed by atoms with Crippen LogP contribution in [0.25, 0.3) is 0 Å². The summed E-state index contributed by atoms with van der Waals surface area (Å²) in [5, 5.41) is 2.66. The zero-order valence-electron chi connectivity index (χ0n) is 21.3. The van der Waals surface area contributed by atoms with E-state index in [1.165, 1.54) is 6.07 Å².